The first-order chi connectivity index (χ1) is 20.7. The zero-order chi connectivity index (χ0) is 30.5. The van der Waals surface area contributed by atoms with Crippen molar-refractivity contribution in [2.75, 3.05) is 52.4 Å². The summed E-state index contributed by atoms with van der Waals surface area (Å²) in [5.41, 5.74) is 2.47. The lowest BCUT2D eigenvalue weighted by Crippen LogP contribution is -2.51. The number of likely N-dealkylation sites (tertiary alicyclic amines) is 1. The van der Waals surface area contributed by atoms with Crippen molar-refractivity contribution in [1.82, 2.24) is 14.7 Å². The minimum atomic E-state index is -0.839. The highest BCUT2D eigenvalue weighted by Gasteiger charge is 2.30. The molecule has 43 heavy (non-hydrogen) atoms. The van der Waals surface area contributed by atoms with Gasteiger partial charge >= 0.3 is 5.97 Å². The number of hydrogen-bond donors (Lipinski definition) is 1. The SMILES string of the molecule is CCc1cccc(-c2cc(F)c(C(=O)N3CCN(CC4CCN(CC(C(=O)O)c5ccc(Cl)cc5)CC4)CC3)c(F)c2)c1. The molecule has 1 amide bonds. The van der Waals surface area contributed by atoms with E-state index in [9.17, 15) is 14.7 Å². The number of halogens is 3. The van der Waals surface area contributed by atoms with Crippen LogP contribution in [-0.2, 0) is 11.2 Å². The van der Waals surface area contributed by atoms with Gasteiger partial charge in [0.2, 0.25) is 0 Å². The highest BCUT2D eigenvalue weighted by molar-refractivity contribution is 6.30. The van der Waals surface area contributed by atoms with E-state index in [2.05, 4.69) is 9.80 Å². The van der Waals surface area contributed by atoms with E-state index in [1.54, 1.807) is 29.2 Å². The molecule has 5 rings (SSSR count). The lowest BCUT2D eigenvalue weighted by molar-refractivity contribution is -0.139. The van der Waals surface area contributed by atoms with Gasteiger partial charge in [0.05, 0.1) is 5.92 Å². The van der Waals surface area contributed by atoms with Gasteiger partial charge in [-0.2, -0.15) is 0 Å². The average molecular weight is 610 g/mol. The van der Waals surface area contributed by atoms with E-state index >= 15 is 8.78 Å². The van der Waals surface area contributed by atoms with Crippen LogP contribution in [0.4, 0.5) is 8.78 Å². The molecule has 6 nitrogen and oxygen atoms in total. The van der Waals surface area contributed by atoms with E-state index in [0.717, 1.165) is 55.6 Å². The number of piperazine rings is 1. The molecule has 9 heteroatoms. The van der Waals surface area contributed by atoms with Crippen LogP contribution < -0.4 is 0 Å². The quantitative estimate of drug-likeness (QED) is 0.314. The summed E-state index contributed by atoms with van der Waals surface area (Å²) in [6.07, 6.45) is 2.75. The molecule has 3 aromatic carbocycles. The summed E-state index contributed by atoms with van der Waals surface area (Å²) in [4.78, 5) is 31.2. The maximum atomic E-state index is 15.1. The summed E-state index contributed by atoms with van der Waals surface area (Å²) in [6.45, 7) is 7.16. The number of rotatable bonds is 9. The molecule has 1 atom stereocenters. The van der Waals surface area contributed by atoms with Gasteiger partial charge in [-0.05, 0) is 84.8 Å². The Morgan fingerprint density at radius 2 is 1.53 bits per heavy atom. The third-order valence-corrected chi connectivity index (χ3v) is 9.07. The van der Waals surface area contributed by atoms with Gasteiger partial charge in [0.25, 0.3) is 5.91 Å². The third-order valence-electron chi connectivity index (χ3n) is 8.82. The number of hydrogen-bond acceptors (Lipinski definition) is 4. The van der Waals surface area contributed by atoms with Crippen LogP contribution >= 0.6 is 11.6 Å². The highest BCUT2D eigenvalue weighted by atomic mass is 35.5. The molecular formula is C34H38ClF2N3O3. The summed E-state index contributed by atoms with van der Waals surface area (Å²) in [7, 11) is 0. The number of piperidine rings is 1. The van der Waals surface area contributed by atoms with Crippen molar-refractivity contribution in [3.05, 3.63) is 94.0 Å². The average Bonchev–Trinajstić information content (AvgIpc) is 3.01. The van der Waals surface area contributed by atoms with Crippen molar-refractivity contribution in [1.29, 1.82) is 0 Å². The van der Waals surface area contributed by atoms with Crippen molar-refractivity contribution >= 4 is 23.5 Å². The lowest BCUT2D eigenvalue weighted by Gasteiger charge is -2.39. The monoisotopic (exact) mass is 609 g/mol. The summed E-state index contributed by atoms with van der Waals surface area (Å²) in [6, 6.07) is 17.1. The molecule has 2 heterocycles. The van der Waals surface area contributed by atoms with Gasteiger partial charge in [0, 0.05) is 44.3 Å². The number of nitrogens with zero attached hydrogens (tertiary/aromatic N) is 3. The number of carbonyl (C=O) groups is 2. The van der Waals surface area contributed by atoms with E-state index < -0.39 is 35.0 Å². The second-order valence-electron chi connectivity index (χ2n) is 11.6. The molecule has 0 bridgehead atoms. The first-order valence-corrected chi connectivity index (χ1v) is 15.4. The molecule has 228 valence electrons. The predicted octanol–water partition coefficient (Wildman–Crippen LogP) is 6.19. The largest absolute Gasteiger partial charge is 0.481 e. The number of aryl methyl sites for hydroxylation is 1. The van der Waals surface area contributed by atoms with Crippen molar-refractivity contribution in [2.45, 2.75) is 32.1 Å². The van der Waals surface area contributed by atoms with Crippen LogP contribution in [0.15, 0.2) is 60.7 Å². The maximum Gasteiger partial charge on any atom is 0.312 e. The fourth-order valence-corrected chi connectivity index (χ4v) is 6.33. The number of carboxylic acids is 1. The lowest BCUT2D eigenvalue weighted by atomic mass is 9.93. The molecule has 0 saturated carbocycles. The van der Waals surface area contributed by atoms with Crippen LogP contribution in [0.2, 0.25) is 5.02 Å². The fraction of sp³-hybridized carbons (Fsp3) is 0.412. The summed E-state index contributed by atoms with van der Waals surface area (Å²) in [5.74, 6) is -3.24. The molecule has 3 aromatic rings. The van der Waals surface area contributed by atoms with Gasteiger partial charge in [-0.25, -0.2) is 8.78 Å². The maximum absolute atomic E-state index is 15.1. The Morgan fingerprint density at radius 1 is 0.884 bits per heavy atom. The van der Waals surface area contributed by atoms with Gasteiger partial charge in [-0.3, -0.25) is 14.5 Å². The highest BCUT2D eigenvalue weighted by Crippen LogP contribution is 2.28. The first kappa shape index (κ1) is 31.1. The number of aliphatic carboxylic acids is 1. The molecule has 2 aliphatic heterocycles. The molecule has 2 aliphatic rings. The van der Waals surface area contributed by atoms with Crippen molar-refractivity contribution in [3.63, 3.8) is 0 Å². The third kappa shape index (κ3) is 7.61. The van der Waals surface area contributed by atoms with E-state index in [0.29, 0.717) is 49.2 Å². The van der Waals surface area contributed by atoms with Crippen LogP contribution in [0.1, 0.15) is 47.2 Å². The van der Waals surface area contributed by atoms with Crippen molar-refractivity contribution < 1.29 is 23.5 Å². The van der Waals surface area contributed by atoms with Crippen LogP contribution in [0, 0.1) is 17.6 Å². The molecule has 2 saturated heterocycles. The molecular weight excluding hydrogens is 572 g/mol. The molecule has 1 unspecified atom stereocenters. The van der Waals surface area contributed by atoms with Gasteiger partial charge in [-0.1, -0.05) is 54.9 Å². The van der Waals surface area contributed by atoms with Crippen LogP contribution in [0.25, 0.3) is 11.1 Å². The Bertz CT molecular complexity index is 1410. The number of amides is 1. The summed E-state index contributed by atoms with van der Waals surface area (Å²) < 4.78 is 30.2. The minimum absolute atomic E-state index is 0.415. The number of carboxylic acid groups (broad SMARTS) is 1. The molecule has 1 N–H and O–H groups in total. The molecule has 0 aromatic heterocycles. The summed E-state index contributed by atoms with van der Waals surface area (Å²) in [5, 5.41) is 10.4. The second-order valence-corrected chi connectivity index (χ2v) is 12.1. The topological polar surface area (TPSA) is 64.1 Å². The fourth-order valence-electron chi connectivity index (χ4n) is 6.20. The smallest absolute Gasteiger partial charge is 0.312 e. The Labute approximate surface area is 256 Å². The van der Waals surface area contributed by atoms with Crippen LogP contribution in [0.3, 0.4) is 0 Å². The van der Waals surface area contributed by atoms with Gasteiger partial charge in [0.15, 0.2) is 0 Å². The van der Waals surface area contributed by atoms with E-state index in [-0.39, 0.29) is 0 Å². The zero-order valence-corrected chi connectivity index (χ0v) is 25.2. The second kappa shape index (κ2) is 14.0. The Hall–Kier alpha value is -3.33. The molecule has 0 spiro atoms. The summed E-state index contributed by atoms with van der Waals surface area (Å²) >= 11 is 5.97. The molecule has 2 fully saturated rings. The minimum Gasteiger partial charge on any atom is -0.481 e. The zero-order valence-electron chi connectivity index (χ0n) is 24.4. The van der Waals surface area contributed by atoms with E-state index in [4.69, 9.17) is 11.6 Å². The molecule has 0 radical (unpaired) electrons. The van der Waals surface area contributed by atoms with Gasteiger partial charge in [0.1, 0.15) is 17.2 Å². The normalized spacial score (nSPS) is 17.6. The Kier molecular flexibility index (Phi) is 10.1. The van der Waals surface area contributed by atoms with Crippen molar-refractivity contribution in [2.24, 2.45) is 5.92 Å². The van der Waals surface area contributed by atoms with Crippen LogP contribution in [0.5, 0.6) is 0 Å². The van der Waals surface area contributed by atoms with E-state index in [1.807, 2.05) is 31.2 Å². The first-order valence-electron chi connectivity index (χ1n) is 15.0. The molecule has 0 aliphatic carbocycles. The van der Waals surface area contributed by atoms with Crippen molar-refractivity contribution in [3.8, 4) is 11.1 Å². The van der Waals surface area contributed by atoms with Crippen LogP contribution in [-0.4, -0.2) is 84.0 Å². The Morgan fingerprint density at radius 3 is 2.14 bits per heavy atom. The Balaban J connectivity index is 1.11. The van der Waals surface area contributed by atoms with E-state index in [1.165, 1.54) is 12.1 Å². The standard InChI is InChI=1S/C34H38ClF2N3O3/c1-2-23-4-3-5-26(18-23)27-19-30(36)32(31(37)20-27)33(41)40-16-14-39(15-17-40)21-24-10-12-38(13-11-24)22-29(34(42)43)25-6-8-28(35)9-7-25/h3-9,18-20,24,29H,2,10-17,21-22H2,1H3,(H,42,43). The number of carbonyl (C=O) groups excluding carboxylic acids is 1. The van der Waals surface area contributed by atoms with Gasteiger partial charge < -0.3 is 14.9 Å². The van der Waals surface area contributed by atoms with Gasteiger partial charge in [-0.15, -0.1) is 0 Å². The number of benzene rings is 3. The predicted molar refractivity (Wildman–Crippen MR) is 165 cm³/mol.